The molecular formula is C10H7F8N. The molecule has 0 aromatic heterocycles. The van der Waals surface area contributed by atoms with Crippen LogP contribution in [0.3, 0.4) is 0 Å². The molecule has 0 aliphatic rings. The number of halogens is 8. The van der Waals surface area contributed by atoms with E-state index in [0.717, 1.165) is 12.1 Å². The van der Waals surface area contributed by atoms with Crippen molar-refractivity contribution in [2.24, 2.45) is 5.73 Å². The van der Waals surface area contributed by atoms with Crippen LogP contribution < -0.4 is 5.73 Å². The minimum atomic E-state index is -6.04. The van der Waals surface area contributed by atoms with Crippen LogP contribution in [0.25, 0.3) is 0 Å². The van der Waals surface area contributed by atoms with E-state index >= 15 is 0 Å². The maximum absolute atomic E-state index is 13.0. The van der Waals surface area contributed by atoms with Crippen LogP contribution >= 0.6 is 0 Å². The summed E-state index contributed by atoms with van der Waals surface area (Å²) >= 11 is 0. The van der Waals surface area contributed by atoms with Crippen LogP contribution in [0, 0.1) is 0 Å². The molecule has 0 fully saturated rings. The molecule has 1 nitrogen and oxygen atoms in total. The van der Waals surface area contributed by atoms with Crippen molar-refractivity contribution < 1.29 is 35.1 Å². The summed E-state index contributed by atoms with van der Waals surface area (Å²) in [5, 5.41) is 0. The molecule has 0 saturated heterocycles. The molecule has 0 bridgehead atoms. The quantitative estimate of drug-likeness (QED) is 0.822. The van der Waals surface area contributed by atoms with Gasteiger partial charge in [0.2, 0.25) is 0 Å². The molecule has 0 spiro atoms. The molecule has 1 aromatic rings. The zero-order valence-electron chi connectivity index (χ0n) is 8.99. The molecule has 0 radical (unpaired) electrons. The lowest BCUT2D eigenvalue weighted by atomic mass is 9.95. The second-order valence-corrected chi connectivity index (χ2v) is 3.68. The molecule has 0 amide bonds. The Kier molecular flexibility index (Phi) is 3.81. The van der Waals surface area contributed by atoms with Crippen molar-refractivity contribution in [3.8, 4) is 0 Å². The fourth-order valence-electron chi connectivity index (χ4n) is 1.40. The van der Waals surface area contributed by atoms with Crippen LogP contribution in [-0.2, 0) is 6.18 Å². The van der Waals surface area contributed by atoms with E-state index in [2.05, 4.69) is 5.73 Å². The van der Waals surface area contributed by atoms with Gasteiger partial charge < -0.3 is 5.73 Å². The molecule has 1 rings (SSSR count). The fourth-order valence-corrected chi connectivity index (χ4v) is 1.40. The zero-order chi connectivity index (χ0) is 15.1. The van der Waals surface area contributed by atoms with Gasteiger partial charge in [0.1, 0.15) is 6.04 Å². The summed E-state index contributed by atoms with van der Waals surface area (Å²) in [6.45, 7) is 0. The van der Waals surface area contributed by atoms with E-state index in [1.165, 1.54) is 0 Å². The van der Waals surface area contributed by atoms with Crippen molar-refractivity contribution in [2.45, 2.75) is 24.3 Å². The Hall–Kier alpha value is -1.38. The molecular weight excluding hydrogens is 286 g/mol. The van der Waals surface area contributed by atoms with Crippen molar-refractivity contribution in [1.29, 1.82) is 0 Å². The van der Waals surface area contributed by atoms with E-state index in [9.17, 15) is 35.1 Å². The standard InChI is InChI=1S/C10H7F8N/c11-8(12,10(16,17)18)7(19)5-3-1-2-4-6(5)9(13,14)15/h1-4,7H,19H2/t7-/m1/s1. The fraction of sp³-hybridized carbons (Fsp3) is 0.400. The van der Waals surface area contributed by atoms with Gasteiger partial charge in [0, 0.05) is 0 Å². The first-order valence-corrected chi connectivity index (χ1v) is 4.75. The average Bonchev–Trinajstić information content (AvgIpc) is 2.25. The molecule has 0 heterocycles. The van der Waals surface area contributed by atoms with Gasteiger partial charge in [-0.1, -0.05) is 18.2 Å². The van der Waals surface area contributed by atoms with Crippen molar-refractivity contribution in [1.82, 2.24) is 0 Å². The molecule has 1 aromatic carbocycles. The second kappa shape index (κ2) is 4.62. The molecule has 19 heavy (non-hydrogen) atoms. The summed E-state index contributed by atoms with van der Waals surface area (Å²) in [4.78, 5) is 0. The molecule has 108 valence electrons. The van der Waals surface area contributed by atoms with E-state index in [0.29, 0.717) is 12.1 Å². The van der Waals surface area contributed by atoms with Crippen LogP contribution in [0.4, 0.5) is 35.1 Å². The van der Waals surface area contributed by atoms with Crippen LogP contribution in [0.1, 0.15) is 17.2 Å². The first-order chi connectivity index (χ1) is 8.39. The number of hydrogen-bond donors (Lipinski definition) is 1. The second-order valence-electron chi connectivity index (χ2n) is 3.68. The lowest BCUT2D eigenvalue weighted by Gasteiger charge is -2.27. The monoisotopic (exact) mass is 293 g/mol. The molecule has 0 aliphatic carbocycles. The van der Waals surface area contributed by atoms with Crippen LogP contribution in [0.2, 0.25) is 0 Å². The van der Waals surface area contributed by atoms with E-state index in [-0.39, 0.29) is 0 Å². The first-order valence-electron chi connectivity index (χ1n) is 4.75. The molecule has 0 aliphatic heterocycles. The van der Waals surface area contributed by atoms with E-state index in [4.69, 9.17) is 0 Å². The highest BCUT2D eigenvalue weighted by molar-refractivity contribution is 5.33. The highest BCUT2D eigenvalue weighted by Gasteiger charge is 2.62. The van der Waals surface area contributed by atoms with Gasteiger partial charge >= 0.3 is 18.3 Å². The molecule has 0 saturated carbocycles. The first kappa shape index (κ1) is 15.7. The van der Waals surface area contributed by atoms with Crippen molar-refractivity contribution in [3.05, 3.63) is 35.4 Å². The van der Waals surface area contributed by atoms with Gasteiger partial charge in [-0.05, 0) is 11.6 Å². The lowest BCUT2D eigenvalue weighted by Crippen LogP contribution is -2.46. The smallest absolute Gasteiger partial charge is 0.319 e. The van der Waals surface area contributed by atoms with Gasteiger partial charge in [-0.25, -0.2) is 0 Å². The van der Waals surface area contributed by atoms with Crippen molar-refractivity contribution in [2.75, 3.05) is 0 Å². The largest absolute Gasteiger partial charge is 0.455 e. The SMILES string of the molecule is N[C@H](c1ccccc1C(F)(F)F)C(F)(F)C(F)(F)F. The zero-order valence-corrected chi connectivity index (χ0v) is 8.99. The van der Waals surface area contributed by atoms with Gasteiger partial charge in [-0.3, -0.25) is 0 Å². The van der Waals surface area contributed by atoms with Gasteiger partial charge in [0.25, 0.3) is 0 Å². The summed E-state index contributed by atoms with van der Waals surface area (Å²) in [5.41, 5.74) is 1.76. The number of rotatable bonds is 2. The molecule has 2 N–H and O–H groups in total. The van der Waals surface area contributed by atoms with E-state index in [1.807, 2.05) is 0 Å². The third-order valence-electron chi connectivity index (χ3n) is 2.37. The maximum atomic E-state index is 13.0. The van der Waals surface area contributed by atoms with Crippen LogP contribution in [-0.4, -0.2) is 12.1 Å². The van der Waals surface area contributed by atoms with E-state index in [1.54, 1.807) is 0 Å². The number of alkyl halides is 8. The summed E-state index contributed by atoms with van der Waals surface area (Å²) in [6, 6.07) is -0.485. The summed E-state index contributed by atoms with van der Waals surface area (Å²) in [7, 11) is 0. The third kappa shape index (κ3) is 2.96. The molecule has 9 heteroatoms. The van der Waals surface area contributed by atoms with Gasteiger partial charge in [0.05, 0.1) is 5.56 Å². The number of nitrogens with two attached hydrogens (primary N) is 1. The Balaban J connectivity index is 3.32. The van der Waals surface area contributed by atoms with Gasteiger partial charge in [0.15, 0.2) is 0 Å². The van der Waals surface area contributed by atoms with Crippen molar-refractivity contribution >= 4 is 0 Å². The normalized spacial score (nSPS) is 15.4. The Bertz CT molecular complexity index is 448. The van der Waals surface area contributed by atoms with Gasteiger partial charge in [-0.2, -0.15) is 35.1 Å². The summed E-state index contributed by atoms with van der Waals surface area (Å²) in [5.74, 6) is -5.46. The van der Waals surface area contributed by atoms with Crippen LogP contribution in [0.5, 0.6) is 0 Å². The number of benzene rings is 1. The maximum Gasteiger partial charge on any atom is 0.455 e. The number of hydrogen-bond acceptors (Lipinski definition) is 1. The Labute approximate surface area is 102 Å². The summed E-state index contributed by atoms with van der Waals surface area (Å²) in [6.07, 6.45) is -11.1. The topological polar surface area (TPSA) is 26.0 Å². The third-order valence-corrected chi connectivity index (χ3v) is 2.37. The highest BCUT2D eigenvalue weighted by Crippen LogP contribution is 2.45. The lowest BCUT2D eigenvalue weighted by molar-refractivity contribution is -0.291. The minimum Gasteiger partial charge on any atom is -0.319 e. The molecule has 0 unspecified atom stereocenters. The minimum absolute atomic E-state index is 0.391. The van der Waals surface area contributed by atoms with Crippen LogP contribution in [0.15, 0.2) is 24.3 Å². The Morgan fingerprint density at radius 3 is 1.74 bits per heavy atom. The highest BCUT2D eigenvalue weighted by atomic mass is 19.4. The predicted octanol–water partition coefficient (Wildman–Crippen LogP) is 3.90. The van der Waals surface area contributed by atoms with Crippen molar-refractivity contribution in [3.63, 3.8) is 0 Å². The Morgan fingerprint density at radius 2 is 1.32 bits per heavy atom. The Morgan fingerprint density at radius 1 is 0.842 bits per heavy atom. The average molecular weight is 293 g/mol. The predicted molar refractivity (Wildman–Crippen MR) is 49.4 cm³/mol. The molecule has 1 atom stereocenters. The summed E-state index contributed by atoms with van der Waals surface area (Å²) < 4.78 is 99.7. The van der Waals surface area contributed by atoms with Gasteiger partial charge in [-0.15, -0.1) is 0 Å². The van der Waals surface area contributed by atoms with E-state index < -0.39 is 35.4 Å².